The van der Waals surface area contributed by atoms with E-state index in [9.17, 15) is 14.0 Å². The molecule has 0 radical (unpaired) electrons. The smallest absolute Gasteiger partial charge is 0.306 e. The number of methoxy groups -OCH3 is 1. The topological polar surface area (TPSA) is 81.3 Å². The average molecular weight is 416 g/mol. The summed E-state index contributed by atoms with van der Waals surface area (Å²) in [6, 6.07) is 4.05. The summed E-state index contributed by atoms with van der Waals surface area (Å²) in [6.07, 6.45) is 4.51. The standard InChI is InChI=1S/C21H21FN2O4S/c1-27-15-7-6-13(22)10-12(15)11-28-18(25)9-8-17-23-20(26)19-14-4-2-3-5-16(14)29-21(19)24-17/h6-7,10H,2-5,8-9,11H2,1H3,(H,23,24,26). The van der Waals surface area contributed by atoms with Crippen molar-refractivity contribution in [2.24, 2.45) is 0 Å². The van der Waals surface area contributed by atoms with Gasteiger partial charge in [-0.05, 0) is 49.4 Å². The fourth-order valence-corrected chi connectivity index (χ4v) is 4.92. The van der Waals surface area contributed by atoms with Gasteiger partial charge >= 0.3 is 5.97 Å². The highest BCUT2D eigenvalue weighted by Crippen LogP contribution is 2.33. The third kappa shape index (κ3) is 4.17. The monoisotopic (exact) mass is 416 g/mol. The Balaban J connectivity index is 1.41. The van der Waals surface area contributed by atoms with Gasteiger partial charge in [0, 0.05) is 16.9 Å². The van der Waals surface area contributed by atoms with Crippen LogP contribution in [0.15, 0.2) is 23.0 Å². The molecular weight excluding hydrogens is 395 g/mol. The Kier molecular flexibility index (Phi) is 5.62. The summed E-state index contributed by atoms with van der Waals surface area (Å²) in [5.74, 6) is 0.0498. The fourth-order valence-electron chi connectivity index (χ4n) is 3.64. The van der Waals surface area contributed by atoms with Gasteiger partial charge in [0.2, 0.25) is 0 Å². The predicted molar refractivity (Wildman–Crippen MR) is 108 cm³/mol. The van der Waals surface area contributed by atoms with Crippen LogP contribution in [0.4, 0.5) is 4.39 Å². The zero-order chi connectivity index (χ0) is 20.4. The van der Waals surface area contributed by atoms with E-state index in [4.69, 9.17) is 9.47 Å². The van der Waals surface area contributed by atoms with Crippen LogP contribution in [0.25, 0.3) is 10.2 Å². The Morgan fingerprint density at radius 1 is 1.31 bits per heavy atom. The van der Waals surface area contributed by atoms with Gasteiger partial charge in [-0.3, -0.25) is 9.59 Å². The van der Waals surface area contributed by atoms with Gasteiger partial charge in [-0.1, -0.05) is 0 Å². The highest BCUT2D eigenvalue weighted by Gasteiger charge is 2.20. The van der Waals surface area contributed by atoms with Crippen LogP contribution in [0.3, 0.4) is 0 Å². The molecule has 29 heavy (non-hydrogen) atoms. The molecule has 0 bridgehead atoms. The average Bonchev–Trinajstić information content (AvgIpc) is 3.09. The molecule has 1 aliphatic carbocycles. The molecule has 1 aliphatic rings. The zero-order valence-corrected chi connectivity index (χ0v) is 16.9. The van der Waals surface area contributed by atoms with Crippen LogP contribution in [0.2, 0.25) is 0 Å². The van der Waals surface area contributed by atoms with Gasteiger partial charge in [0.1, 0.15) is 28.8 Å². The second kappa shape index (κ2) is 8.32. The fraction of sp³-hybridized carbons (Fsp3) is 0.381. The highest BCUT2D eigenvalue weighted by atomic mass is 32.1. The van der Waals surface area contributed by atoms with Crippen LogP contribution in [-0.4, -0.2) is 23.0 Å². The SMILES string of the molecule is COc1ccc(F)cc1COC(=O)CCc1nc2sc3c(c2c(=O)[nH]1)CCCC3. The number of aryl methyl sites for hydroxylation is 3. The molecule has 0 aliphatic heterocycles. The predicted octanol–water partition coefficient (Wildman–Crippen LogP) is 3.69. The molecule has 3 aromatic rings. The van der Waals surface area contributed by atoms with E-state index in [2.05, 4.69) is 9.97 Å². The molecule has 0 saturated carbocycles. The molecule has 0 amide bonds. The number of aromatic nitrogens is 2. The lowest BCUT2D eigenvalue weighted by molar-refractivity contribution is -0.145. The number of hydrogen-bond acceptors (Lipinski definition) is 6. The molecule has 2 aromatic heterocycles. The molecule has 0 atom stereocenters. The van der Waals surface area contributed by atoms with Crippen molar-refractivity contribution in [2.45, 2.75) is 45.1 Å². The van der Waals surface area contributed by atoms with Gasteiger partial charge in [0.15, 0.2) is 0 Å². The number of hydrogen-bond donors (Lipinski definition) is 1. The Morgan fingerprint density at radius 3 is 2.97 bits per heavy atom. The van der Waals surface area contributed by atoms with Crippen molar-refractivity contribution in [1.82, 2.24) is 9.97 Å². The van der Waals surface area contributed by atoms with E-state index in [1.807, 2.05) is 0 Å². The second-order valence-electron chi connectivity index (χ2n) is 7.02. The van der Waals surface area contributed by atoms with Gasteiger partial charge < -0.3 is 14.5 Å². The lowest BCUT2D eigenvalue weighted by atomic mass is 9.97. The molecule has 2 heterocycles. The Hall–Kier alpha value is -2.74. The van der Waals surface area contributed by atoms with Gasteiger partial charge in [-0.2, -0.15) is 0 Å². The first kappa shape index (κ1) is 19.6. The molecule has 0 spiro atoms. The number of halogens is 1. The number of aromatic amines is 1. The number of rotatable bonds is 6. The quantitative estimate of drug-likeness (QED) is 0.620. The summed E-state index contributed by atoms with van der Waals surface area (Å²) >= 11 is 1.58. The van der Waals surface area contributed by atoms with E-state index in [0.29, 0.717) is 22.5 Å². The van der Waals surface area contributed by atoms with Crippen molar-refractivity contribution in [2.75, 3.05) is 7.11 Å². The summed E-state index contributed by atoms with van der Waals surface area (Å²) in [5, 5.41) is 0.703. The summed E-state index contributed by atoms with van der Waals surface area (Å²) in [6.45, 7) is -0.0829. The molecule has 0 fully saturated rings. The number of esters is 1. The molecule has 0 unspecified atom stereocenters. The molecule has 1 aromatic carbocycles. The number of ether oxygens (including phenoxy) is 2. The van der Waals surface area contributed by atoms with E-state index in [1.165, 1.54) is 30.2 Å². The van der Waals surface area contributed by atoms with Crippen LogP contribution in [0.5, 0.6) is 5.75 Å². The van der Waals surface area contributed by atoms with Crippen molar-refractivity contribution < 1.29 is 18.7 Å². The van der Waals surface area contributed by atoms with E-state index in [1.54, 1.807) is 11.3 Å². The molecule has 4 rings (SSSR count). The second-order valence-corrected chi connectivity index (χ2v) is 8.10. The van der Waals surface area contributed by atoms with E-state index in [0.717, 1.165) is 36.1 Å². The first-order chi connectivity index (χ1) is 14.0. The zero-order valence-electron chi connectivity index (χ0n) is 16.0. The van der Waals surface area contributed by atoms with Crippen LogP contribution in [-0.2, 0) is 35.4 Å². The van der Waals surface area contributed by atoms with Crippen molar-refractivity contribution in [3.8, 4) is 5.75 Å². The lowest BCUT2D eigenvalue weighted by Crippen LogP contribution is -2.14. The Labute approximate surface area is 170 Å². The van der Waals surface area contributed by atoms with Crippen molar-refractivity contribution in [3.63, 3.8) is 0 Å². The minimum atomic E-state index is -0.454. The number of fused-ring (bicyclic) bond motifs is 3. The summed E-state index contributed by atoms with van der Waals surface area (Å²) < 4.78 is 23.8. The summed E-state index contributed by atoms with van der Waals surface area (Å²) in [7, 11) is 1.47. The normalized spacial score (nSPS) is 13.3. The molecule has 6 nitrogen and oxygen atoms in total. The van der Waals surface area contributed by atoms with Gasteiger partial charge in [0.05, 0.1) is 18.9 Å². The van der Waals surface area contributed by atoms with Gasteiger partial charge in [0.25, 0.3) is 5.56 Å². The van der Waals surface area contributed by atoms with Crippen molar-refractivity contribution in [3.05, 3.63) is 56.2 Å². The van der Waals surface area contributed by atoms with Crippen LogP contribution < -0.4 is 10.3 Å². The number of nitrogens with one attached hydrogen (secondary N) is 1. The molecule has 8 heteroatoms. The molecule has 1 N–H and O–H groups in total. The van der Waals surface area contributed by atoms with E-state index >= 15 is 0 Å². The number of carbonyl (C=O) groups excluding carboxylic acids is 1. The summed E-state index contributed by atoms with van der Waals surface area (Å²) in [5.41, 5.74) is 1.46. The number of nitrogens with zero attached hydrogens (tertiary/aromatic N) is 1. The molecule has 0 saturated heterocycles. The van der Waals surface area contributed by atoms with Crippen LogP contribution in [0.1, 0.15) is 41.1 Å². The Morgan fingerprint density at radius 2 is 2.14 bits per heavy atom. The van der Waals surface area contributed by atoms with Crippen molar-refractivity contribution >= 4 is 27.5 Å². The summed E-state index contributed by atoms with van der Waals surface area (Å²) in [4.78, 5) is 34.0. The Bertz CT molecular complexity index is 1120. The van der Waals surface area contributed by atoms with E-state index < -0.39 is 11.8 Å². The first-order valence-corrected chi connectivity index (χ1v) is 10.4. The number of thiophene rings is 1. The number of H-pyrrole nitrogens is 1. The third-order valence-electron chi connectivity index (χ3n) is 5.07. The highest BCUT2D eigenvalue weighted by molar-refractivity contribution is 7.18. The van der Waals surface area contributed by atoms with Crippen molar-refractivity contribution in [1.29, 1.82) is 0 Å². The van der Waals surface area contributed by atoms with Crippen LogP contribution in [0, 0.1) is 5.82 Å². The maximum absolute atomic E-state index is 13.4. The minimum absolute atomic E-state index is 0.0666. The number of benzene rings is 1. The lowest BCUT2D eigenvalue weighted by Gasteiger charge is -2.10. The first-order valence-electron chi connectivity index (χ1n) is 9.56. The van der Waals surface area contributed by atoms with Crippen LogP contribution >= 0.6 is 11.3 Å². The van der Waals surface area contributed by atoms with Gasteiger partial charge in [-0.25, -0.2) is 9.37 Å². The maximum Gasteiger partial charge on any atom is 0.306 e. The van der Waals surface area contributed by atoms with Gasteiger partial charge in [-0.15, -0.1) is 11.3 Å². The molecular formula is C21H21FN2O4S. The maximum atomic E-state index is 13.4. The van der Waals surface area contributed by atoms with E-state index in [-0.39, 0.29) is 25.0 Å². The molecule has 152 valence electrons. The third-order valence-corrected chi connectivity index (χ3v) is 6.26. The number of carbonyl (C=O) groups is 1. The largest absolute Gasteiger partial charge is 0.496 e. The minimum Gasteiger partial charge on any atom is -0.496 e.